The van der Waals surface area contributed by atoms with E-state index in [4.69, 9.17) is 5.73 Å². The Bertz CT molecular complexity index is 1850. The number of hydrazine groups is 1. The highest BCUT2D eigenvalue weighted by Crippen LogP contribution is 2.32. The number of benzene rings is 3. The van der Waals surface area contributed by atoms with Gasteiger partial charge in [-0.25, -0.2) is 9.78 Å². The Hall–Kier alpha value is -5.27. The molecule has 2 aliphatic heterocycles. The van der Waals surface area contributed by atoms with Crippen molar-refractivity contribution in [1.29, 1.82) is 0 Å². The zero-order valence-corrected chi connectivity index (χ0v) is 28.2. The normalized spacial score (nSPS) is 17.7. The third-order valence-electron chi connectivity index (χ3n) is 8.78. The van der Waals surface area contributed by atoms with E-state index in [1.807, 2.05) is 43.3 Å². The lowest BCUT2D eigenvalue weighted by Crippen LogP contribution is -2.66. The first-order valence-corrected chi connectivity index (χ1v) is 17.2. The number of para-hydroxylation sites is 1. The van der Waals surface area contributed by atoms with Crippen LogP contribution >= 0.6 is 11.3 Å². The van der Waals surface area contributed by atoms with Crippen LogP contribution < -0.4 is 16.4 Å². The van der Waals surface area contributed by atoms with E-state index in [-0.39, 0.29) is 56.4 Å². The van der Waals surface area contributed by atoms with Crippen LogP contribution in [-0.4, -0.2) is 86.9 Å². The zero-order valence-electron chi connectivity index (χ0n) is 27.4. The van der Waals surface area contributed by atoms with E-state index in [2.05, 4.69) is 22.2 Å². The SMILES string of the molecule is C=CCN(C(=O)NCCCC)N1CC(=O)N2[C@@H](Cc3ccc(NC(=O)c4ccccc4)cc3)C(=O)N(Cc3cccc4sc(N)nc34)C[C@@H]21. The predicted octanol–water partition coefficient (Wildman–Crippen LogP) is 4.47. The number of piperazine rings is 1. The molecule has 0 unspecified atom stereocenters. The molecule has 3 aromatic carbocycles. The van der Waals surface area contributed by atoms with Crippen molar-refractivity contribution in [2.75, 3.05) is 37.2 Å². The maximum Gasteiger partial charge on any atom is 0.332 e. The summed E-state index contributed by atoms with van der Waals surface area (Å²) in [7, 11) is 0. The first kappa shape index (κ1) is 33.6. The molecule has 254 valence electrons. The van der Waals surface area contributed by atoms with Crippen molar-refractivity contribution in [1.82, 2.24) is 30.1 Å². The van der Waals surface area contributed by atoms with Gasteiger partial charge in [-0.3, -0.25) is 19.4 Å². The minimum atomic E-state index is -0.825. The fourth-order valence-electron chi connectivity index (χ4n) is 6.38. The maximum absolute atomic E-state index is 14.3. The van der Waals surface area contributed by atoms with E-state index in [9.17, 15) is 19.2 Å². The number of hydrogen-bond donors (Lipinski definition) is 3. The minimum absolute atomic E-state index is 0.0556. The summed E-state index contributed by atoms with van der Waals surface area (Å²) in [4.78, 5) is 62.1. The van der Waals surface area contributed by atoms with Gasteiger partial charge in [0.25, 0.3) is 5.91 Å². The number of nitrogen functional groups attached to an aromatic ring is 1. The van der Waals surface area contributed by atoms with Crippen LogP contribution in [0.15, 0.2) is 85.5 Å². The molecular formula is C36H40N8O4S. The average Bonchev–Trinajstić information content (AvgIpc) is 3.65. The molecule has 2 aliphatic rings. The standard InChI is InChI=1S/C36H40N8O4S/c1-3-5-18-38-36(48)42(19-4-2)43-23-31(45)44-28(20-24-14-16-27(17-15-24)39-33(46)25-10-7-6-8-11-25)34(47)41(22-30(43)44)21-26-12-9-13-29-32(26)40-35(37)49-29/h4,6-17,28,30H,2-3,5,18-23H2,1H3,(H2,37,40)(H,38,48)(H,39,46)/t28-,30+/m0/s1. The Morgan fingerprint density at radius 3 is 2.59 bits per heavy atom. The molecule has 12 nitrogen and oxygen atoms in total. The van der Waals surface area contributed by atoms with Gasteiger partial charge >= 0.3 is 6.03 Å². The highest BCUT2D eigenvalue weighted by atomic mass is 32.1. The number of amides is 5. The van der Waals surface area contributed by atoms with Crippen molar-refractivity contribution < 1.29 is 19.2 Å². The maximum atomic E-state index is 14.3. The van der Waals surface area contributed by atoms with Gasteiger partial charge in [-0.05, 0) is 47.9 Å². The number of thiazole rings is 1. The van der Waals surface area contributed by atoms with Gasteiger partial charge < -0.3 is 26.2 Å². The number of carbonyl (C=O) groups excluding carboxylic acids is 4. The van der Waals surface area contributed by atoms with Crippen molar-refractivity contribution in [2.24, 2.45) is 0 Å². The Morgan fingerprint density at radius 1 is 1.08 bits per heavy atom. The third kappa shape index (κ3) is 7.27. The first-order valence-electron chi connectivity index (χ1n) is 16.4. The molecule has 2 fully saturated rings. The van der Waals surface area contributed by atoms with Crippen LogP contribution in [0.4, 0.5) is 15.6 Å². The Labute approximate surface area is 289 Å². The van der Waals surface area contributed by atoms with E-state index in [0.717, 1.165) is 34.2 Å². The summed E-state index contributed by atoms with van der Waals surface area (Å²) >= 11 is 1.39. The van der Waals surface area contributed by atoms with Crippen LogP contribution in [0, 0.1) is 0 Å². The number of nitrogens with two attached hydrogens (primary N) is 1. The van der Waals surface area contributed by atoms with Crippen LogP contribution in [-0.2, 0) is 22.6 Å². The number of rotatable bonds is 12. The first-order chi connectivity index (χ1) is 23.8. The summed E-state index contributed by atoms with van der Waals surface area (Å²) < 4.78 is 0.927. The molecule has 13 heteroatoms. The quantitative estimate of drug-likeness (QED) is 0.148. The highest BCUT2D eigenvalue weighted by Gasteiger charge is 2.52. The Balaban J connectivity index is 1.28. The lowest BCUT2D eigenvalue weighted by atomic mass is 9.99. The summed E-state index contributed by atoms with van der Waals surface area (Å²) in [5.41, 5.74) is 9.60. The second-order valence-electron chi connectivity index (χ2n) is 12.1. The molecule has 5 amide bonds. The summed E-state index contributed by atoms with van der Waals surface area (Å²) in [5.74, 6) is -0.660. The second-order valence-corrected chi connectivity index (χ2v) is 13.2. The van der Waals surface area contributed by atoms with E-state index in [1.165, 1.54) is 16.3 Å². The molecule has 0 saturated carbocycles. The van der Waals surface area contributed by atoms with Gasteiger partial charge in [0.2, 0.25) is 11.8 Å². The number of nitrogens with zero attached hydrogens (tertiary/aromatic N) is 5. The van der Waals surface area contributed by atoms with Gasteiger partial charge in [0, 0.05) is 30.8 Å². The number of fused-ring (bicyclic) bond motifs is 2. The smallest absolute Gasteiger partial charge is 0.332 e. The summed E-state index contributed by atoms with van der Waals surface area (Å²) in [6.45, 7) is 7.00. The molecule has 1 aromatic heterocycles. The van der Waals surface area contributed by atoms with E-state index < -0.39 is 12.2 Å². The monoisotopic (exact) mass is 680 g/mol. The molecule has 2 saturated heterocycles. The molecule has 0 radical (unpaired) electrons. The van der Waals surface area contributed by atoms with E-state index in [0.29, 0.717) is 22.9 Å². The largest absolute Gasteiger partial charge is 0.375 e. The molecule has 6 rings (SSSR count). The summed E-state index contributed by atoms with van der Waals surface area (Å²) in [6, 6.07) is 20.9. The molecule has 0 bridgehead atoms. The summed E-state index contributed by atoms with van der Waals surface area (Å²) in [6.07, 6.45) is 3.04. The lowest BCUT2D eigenvalue weighted by molar-refractivity contribution is -0.157. The Kier molecular flexibility index (Phi) is 10.2. The molecular weight excluding hydrogens is 641 g/mol. The number of unbranched alkanes of at least 4 members (excludes halogenated alkanes) is 1. The molecule has 0 aliphatic carbocycles. The van der Waals surface area contributed by atoms with Gasteiger partial charge in [-0.1, -0.05) is 73.2 Å². The van der Waals surface area contributed by atoms with Crippen LogP contribution in [0.1, 0.15) is 41.3 Å². The lowest BCUT2D eigenvalue weighted by Gasteiger charge is -2.46. The van der Waals surface area contributed by atoms with E-state index in [1.54, 1.807) is 57.3 Å². The van der Waals surface area contributed by atoms with Crippen molar-refractivity contribution in [3.63, 3.8) is 0 Å². The van der Waals surface area contributed by atoms with Crippen LogP contribution in [0.2, 0.25) is 0 Å². The van der Waals surface area contributed by atoms with Crippen molar-refractivity contribution in [2.45, 2.75) is 44.9 Å². The fourth-order valence-corrected chi connectivity index (χ4v) is 7.16. The molecule has 4 N–H and O–H groups in total. The zero-order chi connectivity index (χ0) is 34.5. The van der Waals surface area contributed by atoms with Gasteiger partial charge in [-0.15, -0.1) is 6.58 Å². The van der Waals surface area contributed by atoms with Crippen molar-refractivity contribution in [3.05, 3.63) is 102 Å². The van der Waals surface area contributed by atoms with Crippen molar-refractivity contribution in [3.8, 4) is 0 Å². The minimum Gasteiger partial charge on any atom is -0.375 e. The van der Waals surface area contributed by atoms with Crippen LogP contribution in [0.25, 0.3) is 10.2 Å². The van der Waals surface area contributed by atoms with Crippen molar-refractivity contribution >= 4 is 56.1 Å². The molecule has 2 atom stereocenters. The summed E-state index contributed by atoms with van der Waals surface area (Å²) in [5, 5.41) is 9.57. The van der Waals surface area contributed by atoms with Crippen LogP contribution in [0.3, 0.4) is 0 Å². The molecule has 3 heterocycles. The van der Waals surface area contributed by atoms with Gasteiger partial charge in [0.15, 0.2) is 5.13 Å². The highest BCUT2D eigenvalue weighted by molar-refractivity contribution is 7.22. The topological polar surface area (TPSA) is 144 Å². The van der Waals surface area contributed by atoms with Gasteiger partial charge in [0.05, 0.1) is 29.9 Å². The number of urea groups is 1. The number of nitrogens with one attached hydrogen (secondary N) is 2. The average molecular weight is 681 g/mol. The fraction of sp³-hybridized carbons (Fsp3) is 0.306. The Morgan fingerprint density at radius 2 is 1.86 bits per heavy atom. The van der Waals surface area contributed by atoms with Gasteiger partial charge in [-0.2, -0.15) is 5.01 Å². The number of anilines is 2. The second kappa shape index (κ2) is 14.9. The molecule has 4 aromatic rings. The molecule has 49 heavy (non-hydrogen) atoms. The predicted molar refractivity (Wildman–Crippen MR) is 190 cm³/mol. The van der Waals surface area contributed by atoms with Crippen LogP contribution in [0.5, 0.6) is 0 Å². The molecule has 0 spiro atoms. The van der Waals surface area contributed by atoms with E-state index >= 15 is 0 Å². The number of aromatic nitrogens is 1. The number of hydrogen-bond acceptors (Lipinski definition) is 8. The number of carbonyl (C=O) groups is 4. The van der Waals surface area contributed by atoms with Gasteiger partial charge in [0.1, 0.15) is 12.2 Å². The third-order valence-corrected chi connectivity index (χ3v) is 9.63.